The minimum atomic E-state index is -1.26. The summed E-state index contributed by atoms with van der Waals surface area (Å²) in [6, 6.07) is 3.13. The molecule has 0 spiro atoms. The molecule has 2 fully saturated rings. The molecule has 2 amide bonds. The lowest BCUT2D eigenvalue weighted by Gasteiger charge is -2.17. The van der Waals surface area contributed by atoms with E-state index in [-0.39, 0.29) is 23.1 Å². The molecule has 1 aromatic rings. The van der Waals surface area contributed by atoms with Crippen molar-refractivity contribution < 1.29 is 23.9 Å². The summed E-state index contributed by atoms with van der Waals surface area (Å²) in [7, 11) is 0. The van der Waals surface area contributed by atoms with E-state index in [0.29, 0.717) is 6.42 Å². The molecule has 18 heavy (non-hydrogen) atoms. The summed E-state index contributed by atoms with van der Waals surface area (Å²) < 4.78 is 13.7. The van der Waals surface area contributed by atoms with E-state index in [9.17, 15) is 18.8 Å². The third kappa shape index (κ3) is 1.35. The Morgan fingerprint density at radius 1 is 1.28 bits per heavy atom. The zero-order valence-corrected chi connectivity index (χ0v) is 9.09. The number of nitrogens with zero attached hydrogens (tertiary/aromatic N) is 1. The standard InChI is InChI=1S/C12H8FNO4/c13-8-3-5(12(17)18)1-2-9(8)14-10(15)6-4-7(6)11(14)16/h1-3,6-7H,4H2,(H,17,18). The van der Waals surface area contributed by atoms with Crippen LogP contribution in [0.5, 0.6) is 0 Å². The first-order chi connectivity index (χ1) is 8.50. The zero-order valence-electron chi connectivity index (χ0n) is 9.09. The van der Waals surface area contributed by atoms with Crippen molar-refractivity contribution >= 4 is 23.5 Å². The van der Waals surface area contributed by atoms with Gasteiger partial charge in [-0.3, -0.25) is 9.59 Å². The second-order valence-corrected chi connectivity index (χ2v) is 4.43. The van der Waals surface area contributed by atoms with Gasteiger partial charge >= 0.3 is 5.97 Å². The second kappa shape index (κ2) is 3.38. The SMILES string of the molecule is O=C(O)c1ccc(N2C(=O)C3CC3C2=O)c(F)c1. The Kier molecular flexibility index (Phi) is 2.04. The highest BCUT2D eigenvalue weighted by Crippen LogP contribution is 2.48. The van der Waals surface area contributed by atoms with Crippen LogP contribution in [0.3, 0.4) is 0 Å². The number of hydrogen-bond donors (Lipinski definition) is 1. The predicted molar refractivity (Wildman–Crippen MR) is 57.4 cm³/mol. The highest BCUT2D eigenvalue weighted by atomic mass is 19.1. The highest BCUT2D eigenvalue weighted by Gasteiger charge is 2.59. The molecular weight excluding hydrogens is 241 g/mol. The maximum absolute atomic E-state index is 13.7. The lowest BCUT2D eigenvalue weighted by atomic mass is 10.2. The number of rotatable bonds is 2. The lowest BCUT2D eigenvalue weighted by molar-refractivity contribution is -0.123. The van der Waals surface area contributed by atoms with Gasteiger partial charge in [-0.1, -0.05) is 0 Å². The van der Waals surface area contributed by atoms with Crippen LogP contribution in [0.1, 0.15) is 16.8 Å². The number of amides is 2. The normalized spacial score (nSPS) is 25.3. The van der Waals surface area contributed by atoms with Gasteiger partial charge in [0.05, 0.1) is 23.1 Å². The molecule has 1 aromatic carbocycles. The fraction of sp³-hybridized carbons (Fsp3) is 0.250. The van der Waals surface area contributed by atoms with Crippen LogP contribution >= 0.6 is 0 Å². The summed E-state index contributed by atoms with van der Waals surface area (Å²) in [6.45, 7) is 0. The van der Waals surface area contributed by atoms with Crippen molar-refractivity contribution in [3.8, 4) is 0 Å². The van der Waals surface area contributed by atoms with Gasteiger partial charge in [0.1, 0.15) is 5.82 Å². The Morgan fingerprint density at radius 2 is 1.89 bits per heavy atom. The van der Waals surface area contributed by atoms with Crippen LogP contribution in [0.15, 0.2) is 18.2 Å². The second-order valence-electron chi connectivity index (χ2n) is 4.43. The first-order valence-corrected chi connectivity index (χ1v) is 5.41. The molecule has 6 heteroatoms. The van der Waals surface area contributed by atoms with Gasteiger partial charge in [0.25, 0.3) is 0 Å². The van der Waals surface area contributed by atoms with Gasteiger partial charge in [0.15, 0.2) is 0 Å². The summed E-state index contributed by atoms with van der Waals surface area (Å²) in [4.78, 5) is 35.0. The number of hydrogen-bond acceptors (Lipinski definition) is 3. The van der Waals surface area contributed by atoms with Crippen LogP contribution in [-0.4, -0.2) is 22.9 Å². The van der Waals surface area contributed by atoms with Crippen LogP contribution in [0.4, 0.5) is 10.1 Å². The monoisotopic (exact) mass is 249 g/mol. The van der Waals surface area contributed by atoms with Gasteiger partial charge in [0.2, 0.25) is 11.8 Å². The number of carboxylic acids is 1. The van der Waals surface area contributed by atoms with E-state index in [1.807, 2.05) is 0 Å². The van der Waals surface area contributed by atoms with E-state index in [4.69, 9.17) is 5.11 Å². The number of halogens is 1. The first-order valence-electron chi connectivity index (χ1n) is 5.41. The van der Waals surface area contributed by atoms with Crippen molar-refractivity contribution in [3.05, 3.63) is 29.6 Å². The summed E-state index contributed by atoms with van der Waals surface area (Å²) >= 11 is 0. The van der Waals surface area contributed by atoms with Crippen molar-refractivity contribution in [2.75, 3.05) is 4.90 Å². The number of carbonyl (C=O) groups excluding carboxylic acids is 2. The molecular formula is C12H8FNO4. The molecule has 1 aliphatic heterocycles. The Labute approximate surface area is 101 Å². The Hall–Kier alpha value is -2.24. The molecule has 1 N–H and O–H groups in total. The Balaban J connectivity index is 2.00. The van der Waals surface area contributed by atoms with E-state index < -0.39 is 23.6 Å². The van der Waals surface area contributed by atoms with Gasteiger partial charge in [-0.15, -0.1) is 0 Å². The van der Waals surface area contributed by atoms with Crippen molar-refractivity contribution in [3.63, 3.8) is 0 Å². The number of imide groups is 1. The molecule has 2 aliphatic rings. The average Bonchev–Trinajstić information content (AvgIpc) is 3.06. The number of carbonyl (C=O) groups is 3. The molecule has 1 saturated heterocycles. The molecule has 1 aliphatic carbocycles. The summed E-state index contributed by atoms with van der Waals surface area (Å²) in [5.74, 6) is -3.55. The maximum atomic E-state index is 13.7. The first kappa shape index (κ1) is 10.9. The summed E-state index contributed by atoms with van der Waals surface area (Å²) in [5, 5.41) is 8.70. The van der Waals surface area contributed by atoms with Crippen LogP contribution in [0, 0.1) is 17.7 Å². The smallest absolute Gasteiger partial charge is 0.335 e. The van der Waals surface area contributed by atoms with E-state index in [1.165, 1.54) is 6.07 Å². The van der Waals surface area contributed by atoms with Crippen LogP contribution < -0.4 is 4.90 Å². The quantitative estimate of drug-likeness (QED) is 0.794. The summed E-state index contributed by atoms with van der Waals surface area (Å²) in [6.07, 6.45) is 0.545. The third-order valence-corrected chi connectivity index (χ3v) is 3.30. The topological polar surface area (TPSA) is 74.7 Å². The fourth-order valence-corrected chi connectivity index (χ4v) is 2.24. The van der Waals surface area contributed by atoms with Gasteiger partial charge in [-0.2, -0.15) is 0 Å². The number of anilines is 1. The molecule has 92 valence electrons. The van der Waals surface area contributed by atoms with Gasteiger partial charge in [-0.05, 0) is 24.6 Å². The zero-order chi connectivity index (χ0) is 13.0. The van der Waals surface area contributed by atoms with E-state index in [1.54, 1.807) is 0 Å². The van der Waals surface area contributed by atoms with Crippen molar-refractivity contribution in [2.45, 2.75) is 6.42 Å². The van der Waals surface area contributed by atoms with E-state index in [2.05, 4.69) is 0 Å². The highest BCUT2D eigenvalue weighted by molar-refractivity contribution is 6.24. The number of aromatic carboxylic acids is 1. The molecule has 0 bridgehead atoms. The molecule has 0 radical (unpaired) electrons. The van der Waals surface area contributed by atoms with Crippen molar-refractivity contribution in [1.29, 1.82) is 0 Å². The van der Waals surface area contributed by atoms with Crippen LogP contribution in [0.25, 0.3) is 0 Å². The molecule has 2 unspecified atom stereocenters. The van der Waals surface area contributed by atoms with E-state index in [0.717, 1.165) is 17.0 Å². The van der Waals surface area contributed by atoms with Crippen molar-refractivity contribution in [2.24, 2.45) is 11.8 Å². The van der Waals surface area contributed by atoms with Gasteiger partial charge in [-0.25, -0.2) is 14.1 Å². The van der Waals surface area contributed by atoms with Crippen LogP contribution in [0.2, 0.25) is 0 Å². The number of piperidine rings is 1. The minimum absolute atomic E-state index is 0.165. The molecule has 1 saturated carbocycles. The molecule has 2 atom stereocenters. The molecule has 0 aromatic heterocycles. The number of fused-ring (bicyclic) bond motifs is 1. The number of benzene rings is 1. The number of carboxylic acid groups (broad SMARTS) is 1. The van der Waals surface area contributed by atoms with E-state index >= 15 is 0 Å². The lowest BCUT2D eigenvalue weighted by Crippen LogP contribution is -2.33. The summed E-state index contributed by atoms with van der Waals surface area (Å²) in [5.41, 5.74) is -0.386. The van der Waals surface area contributed by atoms with Gasteiger partial charge < -0.3 is 5.11 Å². The van der Waals surface area contributed by atoms with Gasteiger partial charge in [0, 0.05) is 0 Å². The maximum Gasteiger partial charge on any atom is 0.335 e. The third-order valence-electron chi connectivity index (χ3n) is 3.30. The Morgan fingerprint density at radius 3 is 2.39 bits per heavy atom. The van der Waals surface area contributed by atoms with Crippen molar-refractivity contribution in [1.82, 2.24) is 0 Å². The average molecular weight is 249 g/mol. The minimum Gasteiger partial charge on any atom is -0.478 e. The molecule has 3 rings (SSSR count). The fourth-order valence-electron chi connectivity index (χ4n) is 2.24. The Bertz CT molecular complexity index is 578. The molecule has 1 heterocycles. The predicted octanol–water partition coefficient (Wildman–Crippen LogP) is 1.03. The molecule has 5 nitrogen and oxygen atoms in total. The van der Waals surface area contributed by atoms with Crippen LogP contribution in [-0.2, 0) is 9.59 Å². The largest absolute Gasteiger partial charge is 0.478 e.